The van der Waals surface area contributed by atoms with Crippen LogP contribution in [0.25, 0.3) is 16.8 Å². The van der Waals surface area contributed by atoms with E-state index in [1.807, 2.05) is 48.8 Å². The Morgan fingerprint density at radius 2 is 1.85 bits per heavy atom. The monoisotopic (exact) mass is 458 g/mol. The molecule has 0 N–H and O–H groups in total. The second-order valence-electron chi connectivity index (χ2n) is 8.98. The molecule has 7 heteroatoms. The zero-order valence-electron chi connectivity index (χ0n) is 21.3. The average molecular weight is 459 g/mol. The van der Waals surface area contributed by atoms with Crippen LogP contribution in [0.2, 0.25) is 0 Å². The van der Waals surface area contributed by atoms with E-state index in [1.165, 1.54) is 5.56 Å². The van der Waals surface area contributed by atoms with Crippen molar-refractivity contribution in [3.05, 3.63) is 65.1 Å². The number of pyridine rings is 1. The van der Waals surface area contributed by atoms with Gasteiger partial charge in [-0.2, -0.15) is 9.61 Å². The number of anilines is 2. The number of aryl methyl sites for hydroxylation is 3. The number of nitrogens with zero attached hydrogens (tertiary/aromatic N) is 6. The maximum Gasteiger partial charge on any atom is 0.165 e. The van der Waals surface area contributed by atoms with Gasteiger partial charge in [0.1, 0.15) is 17.4 Å². The van der Waals surface area contributed by atoms with Crippen molar-refractivity contribution in [2.75, 3.05) is 37.5 Å². The van der Waals surface area contributed by atoms with Crippen molar-refractivity contribution in [1.82, 2.24) is 19.6 Å². The number of hydrogen-bond acceptors (Lipinski definition) is 6. The Hall–Kier alpha value is -3.61. The van der Waals surface area contributed by atoms with Crippen LogP contribution in [-0.2, 0) is 6.54 Å². The van der Waals surface area contributed by atoms with Crippen molar-refractivity contribution < 1.29 is 4.74 Å². The molecule has 1 aromatic carbocycles. The molecule has 3 heterocycles. The summed E-state index contributed by atoms with van der Waals surface area (Å²) in [5.41, 5.74) is 7.23. The average Bonchev–Trinajstić information content (AvgIpc) is 3.13. The molecular weight excluding hydrogens is 424 g/mol. The third-order valence-electron chi connectivity index (χ3n) is 6.02. The van der Waals surface area contributed by atoms with Crippen molar-refractivity contribution in [2.24, 2.45) is 0 Å². The molecule has 0 saturated carbocycles. The van der Waals surface area contributed by atoms with Gasteiger partial charge >= 0.3 is 0 Å². The highest BCUT2D eigenvalue weighted by Crippen LogP contribution is 2.33. The lowest BCUT2D eigenvalue weighted by Gasteiger charge is -2.25. The van der Waals surface area contributed by atoms with Gasteiger partial charge in [0, 0.05) is 50.7 Å². The second-order valence-corrected chi connectivity index (χ2v) is 8.98. The maximum absolute atomic E-state index is 5.44. The summed E-state index contributed by atoms with van der Waals surface area (Å²) in [7, 11) is 5.71. The van der Waals surface area contributed by atoms with E-state index in [-0.39, 0.29) is 0 Å². The van der Waals surface area contributed by atoms with Gasteiger partial charge in [0.25, 0.3) is 0 Å². The smallest absolute Gasteiger partial charge is 0.165 e. The van der Waals surface area contributed by atoms with Crippen molar-refractivity contribution in [2.45, 2.75) is 40.7 Å². The van der Waals surface area contributed by atoms with Crippen LogP contribution in [0, 0.1) is 20.8 Å². The fraction of sp³-hybridized carbons (Fsp3) is 0.370. The van der Waals surface area contributed by atoms with E-state index < -0.39 is 0 Å². The number of ether oxygens (including phenoxy) is 1. The number of rotatable bonds is 8. The normalized spacial score (nSPS) is 11.1. The van der Waals surface area contributed by atoms with Gasteiger partial charge in [0.15, 0.2) is 5.65 Å². The zero-order chi connectivity index (χ0) is 24.4. The predicted octanol–water partition coefficient (Wildman–Crippen LogP) is 5.21. The molecule has 4 aromatic rings. The third kappa shape index (κ3) is 4.55. The molecule has 0 aliphatic heterocycles. The molecule has 0 aliphatic rings. The number of aromatic nitrogens is 4. The van der Waals surface area contributed by atoms with Gasteiger partial charge in [-0.1, -0.05) is 19.1 Å². The van der Waals surface area contributed by atoms with E-state index >= 15 is 0 Å². The van der Waals surface area contributed by atoms with Crippen LogP contribution in [0.15, 0.2) is 42.6 Å². The highest BCUT2D eigenvalue weighted by atomic mass is 16.5. The van der Waals surface area contributed by atoms with Crippen LogP contribution < -0.4 is 14.5 Å². The Morgan fingerprint density at radius 3 is 2.53 bits per heavy atom. The number of fused-ring (bicyclic) bond motifs is 1. The Bertz CT molecular complexity index is 1310. The Kier molecular flexibility index (Phi) is 6.72. The van der Waals surface area contributed by atoms with E-state index in [0.29, 0.717) is 0 Å². The summed E-state index contributed by atoms with van der Waals surface area (Å²) in [6.45, 7) is 10.1. The number of methoxy groups -OCH3 is 1. The summed E-state index contributed by atoms with van der Waals surface area (Å²) < 4.78 is 7.43. The van der Waals surface area contributed by atoms with Gasteiger partial charge in [0.05, 0.1) is 18.4 Å². The molecule has 3 aromatic heterocycles. The maximum atomic E-state index is 5.44. The van der Waals surface area contributed by atoms with Gasteiger partial charge < -0.3 is 14.5 Å². The van der Waals surface area contributed by atoms with Crippen LogP contribution >= 0.6 is 0 Å². The molecule has 0 saturated heterocycles. The van der Waals surface area contributed by atoms with E-state index in [2.05, 4.69) is 54.9 Å². The lowest BCUT2D eigenvalue weighted by Crippen LogP contribution is -2.26. The molecule has 0 aliphatic carbocycles. The standard InChI is InChI=1S/C27H34N6O/c1-8-12-32(17-21-10-9-11-22(15-21)34-7)25-14-19(3)29-27-26(20(4)30-33(25)27)23-16-28-24(31(5)6)13-18(23)2/h9-11,13-16H,8,12,17H2,1-7H3. The van der Waals surface area contributed by atoms with Gasteiger partial charge in [-0.05, 0) is 56.5 Å². The number of hydrogen-bond donors (Lipinski definition) is 0. The highest BCUT2D eigenvalue weighted by molar-refractivity contribution is 5.83. The fourth-order valence-electron chi connectivity index (χ4n) is 4.35. The molecule has 0 bridgehead atoms. The summed E-state index contributed by atoms with van der Waals surface area (Å²) in [6, 6.07) is 12.5. The minimum atomic E-state index is 0.760. The SMILES string of the molecule is CCCN(Cc1cccc(OC)c1)c1cc(C)nc2c(-c3cnc(N(C)C)cc3C)c(C)nn12. The lowest BCUT2D eigenvalue weighted by molar-refractivity contribution is 0.414. The van der Waals surface area contributed by atoms with Crippen molar-refractivity contribution >= 4 is 17.3 Å². The van der Waals surface area contributed by atoms with Gasteiger partial charge in [-0.3, -0.25) is 0 Å². The summed E-state index contributed by atoms with van der Waals surface area (Å²) in [5, 5.41) is 4.96. The molecule has 0 atom stereocenters. The summed E-state index contributed by atoms with van der Waals surface area (Å²) >= 11 is 0. The van der Waals surface area contributed by atoms with Crippen molar-refractivity contribution in [3.63, 3.8) is 0 Å². The molecule has 0 unspecified atom stereocenters. The quantitative estimate of drug-likeness (QED) is 0.361. The van der Waals surface area contributed by atoms with Crippen LogP contribution in [0.5, 0.6) is 5.75 Å². The van der Waals surface area contributed by atoms with Gasteiger partial charge in [0.2, 0.25) is 0 Å². The fourth-order valence-corrected chi connectivity index (χ4v) is 4.35. The molecule has 4 rings (SSSR count). The van der Waals surface area contributed by atoms with E-state index in [1.54, 1.807) is 7.11 Å². The van der Waals surface area contributed by atoms with Crippen molar-refractivity contribution in [3.8, 4) is 16.9 Å². The first-order chi connectivity index (χ1) is 16.3. The molecule has 0 radical (unpaired) electrons. The number of benzene rings is 1. The topological polar surface area (TPSA) is 58.8 Å². The Balaban J connectivity index is 1.84. The molecule has 7 nitrogen and oxygen atoms in total. The lowest BCUT2D eigenvalue weighted by atomic mass is 10.0. The van der Waals surface area contributed by atoms with Crippen LogP contribution in [-0.4, -0.2) is 47.3 Å². The van der Waals surface area contributed by atoms with Crippen molar-refractivity contribution in [1.29, 1.82) is 0 Å². The zero-order valence-corrected chi connectivity index (χ0v) is 21.3. The minimum Gasteiger partial charge on any atom is -0.497 e. The minimum absolute atomic E-state index is 0.760. The molecule has 0 fully saturated rings. The summed E-state index contributed by atoms with van der Waals surface area (Å²) in [5.74, 6) is 2.84. The van der Waals surface area contributed by atoms with Crippen LogP contribution in [0.3, 0.4) is 0 Å². The highest BCUT2D eigenvalue weighted by Gasteiger charge is 2.21. The second kappa shape index (κ2) is 9.71. The van der Waals surface area contributed by atoms with E-state index in [9.17, 15) is 0 Å². The van der Waals surface area contributed by atoms with Gasteiger partial charge in [-0.15, -0.1) is 0 Å². The van der Waals surface area contributed by atoms with Crippen LogP contribution in [0.4, 0.5) is 11.6 Å². The third-order valence-corrected chi connectivity index (χ3v) is 6.02. The Labute approximate surface area is 202 Å². The molecule has 0 spiro atoms. The first-order valence-corrected chi connectivity index (χ1v) is 11.7. The molecular formula is C27H34N6O. The van der Waals surface area contributed by atoms with E-state index in [4.69, 9.17) is 14.8 Å². The molecule has 0 amide bonds. The molecule has 178 valence electrons. The predicted molar refractivity (Wildman–Crippen MR) is 139 cm³/mol. The molecule has 34 heavy (non-hydrogen) atoms. The van der Waals surface area contributed by atoms with E-state index in [0.717, 1.165) is 70.6 Å². The summed E-state index contributed by atoms with van der Waals surface area (Å²) in [4.78, 5) is 14.0. The van der Waals surface area contributed by atoms with Gasteiger partial charge in [-0.25, -0.2) is 9.97 Å². The van der Waals surface area contributed by atoms with Crippen LogP contribution in [0.1, 0.15) is 35.9 Å². The summed E-state index contributed by atoms with van der Waals surface area (Å²) in [6.07, 6.45) is 2.97. The largest absolute Gasteiger partial charge is 0.497 e. The first-order valence-electron chi connectivity index (χ1n) is 11.7. The first kappa shape index (κ1) is 23.5. The Morgan fingerprint density at radius 1 is 1.06 bits per heavy atom.